The maximum Gasteiger partial charge on any atom is 0.410 e. The Morgan fingerprint density at radius 3 is 2.65 bits per heavy atom. The Bertz CT molecular complexity index is 460. The first-order valence-electron chi connectivity index (χ1n) is 6.88. The van der Waals surface area contributed by atoms with Crippen molar-refractivity contribution < 1.29 is 19.4 Å². The fourth-order valence-electron chi connectivity index (χ4n) is 2.39. The number of rotatable bonds is 3. The largest absolute Gasteiger partial charge is 0.480 e. The van der Waals surface area contributed by atoms with Gasteiger partial charge in [0.15, 0.2) is 0 Å². The number of ether oxygens (including phenoxy) is 1. The highest BCUT2D eigenvalue weighted by molar-refractivity contribution is 5.80. The summed E-state index contributed by atoms with van der Waals surface area (Å²) < 4.78 is 5.23. The van der Waals surface area contributed by atoms with Gasteiger partial charge in [-0.25, -0.2) is 9.59 Å². The van der Waals surface area contributed by atoms with Crippen LogP contribution in [0.25, 0.3) is 0 Å². The van der Waals surface area contributed by atoms with Crippen molar-refractivity contribution in [2.75, 3.05) is 6.54 Å². The third-order valence-electron chi connectivity index (χ3n) is 3.48. The molecule has 1 aromatic carbocycles. The van der Waals surface area contributed by atoms with E-state index < -0.39 is 18.1 Å². The molecule has 0 unspecified atom stereocenters. The Morgan fingerprint density at radius 2 is 1.95 bits per heavy atom. The van der Waals surface area contributed by atoms with Crippen LogP contribution in [0, 0.1) is 0 Å². The average molecular weight is 277 g/mol. The quantitative estimate of drug-likeness (QED) is 0.922. The van der Waals surface area contributed by atoms with Gasteiger partial charge >= 0.3 is 12.1 Å². The lowest BCUT2D eigenvalue weighted by molar-refractivity contribution is -0.142. The van der Waals surface area contributed by atoms with Crippen molar-refractivity contribution in [3.8, 4) is 0 Å². The fourth-order valence-corrected chi connectivity index (χ4v) is 2.39. The van der Waals surface area contributed by atoms with Gasteiger partial charge in [-0.05, 0) is 18.4 Å². The number of carboxylic acids is 1. The first-order chi connectivity index (χ1) is 9.68. The number of carbonyl (C=O) groups is 2. The Balaban J connectivity index is 1.96. The van der Waals surface area contributed by atoms with E-state index >= 15 is 0 Å². The number of carbonyl (C=O) groups excluding carboxylic acids is 1. The van der Waals surface area contributed by atoms with E-state index in [-0.39, 0.29) is 6.61 Å². The van der Waals surface area contributed by atoms with E-state index in [1.165, 1.54) is 4.90 Å². The molecule has 1 aliphatic rings. The summed E-state index contributed by atoms with van der Waals surface area (Å²) in [5.74, 6) is -0.955. The van der Waals surface area contributed by atoms with Gasteiger partial charge in [0.05, 0.1) is 0 Å². The molecule has 1 heterocycles. The minimum atomic E-state index is -0.955. The van der Waals surface area contributed by atoms with Gasteiger partial charge < -0.3 is 9.84 Å². The standard InChI is InChI=1S/C15H19NO4/c17-14(18)13-9-5-2-6-10-16(13)15(19)20-11-12-7-3-1-4-8-12/h1,3-4,7-8,13H,2,5-6,9-11H2,(H,17,18)/t13-/m1/s1. The monoisotopic (exact) mass is 277 g/mol. The molecule has 0 aromatic heterocycles. The number of benzene rings is 1. The van der Waals surface area contributed by atoms with Gasteiger partial charge in [0.2, 0.25) is 0 Å². The van der Waals surface area contributed by atoms with Gasteiger partial charge in [0.25, 0.3) is 0 Å². The van der Waals surface area contributed by atoms with Crippen molar-refractivity contribution >= 4 is 12.1 Å². The van der Waals surface area contributed by atoms with Crippen LogP contribution < -0.4 is 0 Å². The van der Waals surface area contributed by atoms with Gasteiger partial charge in [0.1, 0.15) is 12.6 Å². The Labute approximate surface area is 118 Å². The summed E-state index contributed by atoms with van der Waals surface area (Å²) in [6.07, 6.45) is 2.56. The van der Waals surface area contributed by atoms with E-state index in [1.807, 2.05) is 30.3 Å². The second-order valence-corrected chi connectivity index (χ2v) is 4.94. The normalized spacial score (nSPS) is 19.2. The molecule has 1 aliphatic heterocycles. The van der Waals surface area contributed by atoms with E-state index in [4.69, 9.17) is 4.74 Å². The number of hydrogen-bond acceptors (Lipinski definition) is 3. The summed E-state index contributed by atoms with van der Waals surface area (Å²) in [6, 6.07) is 8.60. The third kappa shape index (κ3) is 3.73. The topological polar surface area (TPSA) is 66.8 Å². The summed E-state index contributed by atoms with van der Waals surface area (Å²) in [5, 5.41) is 9.22. The molecule has 2 rings (SSSR count). The summed E-state index contributed by atoms with van der Waals surface area (Å²) in [5.41, 5.74) is 0.891. The van der Waals surface area contributed by atoms with E-state index in [1.54, 1.807) is 0 Å². The number of likely N-dealkylation sites (tertiary alicyclic amines) is 1. The van der Waals surface area contributed by atoms with Crippen molar-refractivity contribution in [2.45, 2.75) is 38.3 Å². The summed E-state index contributed by atoms with van der Waals surface area (Å²) in [4.78, 5) is 24.7. The van der Waals surface area contributed by atoms with Crippen molar-refractivity contribution in [2.24, 2.45) is 0 Å². The van der Waals surface area contributed by atoms with Crippen LogP contribution in [0.1, 0.15) is 31.2 Å². The van der Waals surface area contributed by atoms with Gasteiger partial charge in [-0.15, -0.1) is 0 Å². The molecule has 1 atom stereocenters. The smallest absolute Gasteiger partial charge is 0.410 e. The molecule has 0 radical (unpaired) electrons. The van der Waals surface area contributed by atoms with E-state index in [9.17, 15) is 14.7 Å². The summed E-state index contributed by atoms with van der Waals surface area (Å²) in [6.45, 7) is 0.618. The maximum atomic E-state index is 12.1. The van der Waals surface area contributed by atoms with Crippen molar-refractivity contribution in [1.82, 2.24) is 4.90 Å². The lowest BCUT2D eigenvalue weighted by Crippen LogP contribution is -2.44. The van der Waals surface area contributed by atoms with Crippen LogP contribution >= 0.6 is 0 Å². The minimum absolute atomic E-state index is 0.169. The van der Waals surface area contributed by atoms with Gasteiger partial charge in [-0.2, -0.15) is 0 Å². The third-order valence-corrected chi connectivity index (χ3v) is 3.48. The predicted molar refractivity (Wildman–Crippen MR) is 73.2 cm³/mol. The van der Waals surface area contributed by atoms with E-state index in [2.05, 4.69) is 0 Å². The Kier molecular flexibility index (Phi) is 4.98. The SMILES string of the molecule is O=C(O)[C@H]1CCCCCN1C(=O)OCc1ccccc1. The molecule has 1 N–H and O–H groups in total. The van der Waals surface area contributed by atoms with Crippen LogP contribution in [0.3, 0.4) is 0 Å². The number of aliphatic carboxylic acids is 1. The fraction of sp³-hybridized carbons (Fsp3) is 0.467. The Hall–Kier alpha value is -2.04. The first kappa shape index (κ1) is 14.4. The number of carboxylic acid groups (broad SMARTS) is 1. The molecule has 108 valence electrons. The number of amides is 1. The highest BCUT2D eigenvalue weighted by Gasteiger charge is 2.31. The highest BCUT2D eigenvalue weighted by atomic mass is 16.6. The van der Waals surface area contributed by atoms with Crippen LogP contribution in [-0.2, 0) is 16.1 Å². The number of nitrogens with zero attached hydrogens (tertiary/aromatic N) is 1. The molecule has 20 heavy (non-hydrogen) atoms. The van der Waals surface area contributed by atoms with Crippen LogP contribution in [-0.4, -0.2) is 34.7 Å². The zero-order valence-electron chi connectivity index (χ0n) is 11.3. The van der Waals surface area contributed by atoms with Crippen LogP contribution in [0.4, 0.5) is 4.79 Å². The second kappa shape index (κ2) is 6.93. The molecule has 0 bridgehead atoms. The second-order valence-electron chi connectivity index (χ2n) is 4.94. The molecule has 5 heteroatoms. The zero-order chi connectivity index (χ0) is 14.4. The van der Waals surface area contributed by atoms with Crippen LogP contribution in [0.5, 0.6) is 0 Å². The van der Waals surface area contributed by atoms with Gasteiger partial charge in [0, 0.05) is 6.54 Å². The molecule has 1 fully saturated rings. The molecule has 1 amide bonds. The summed E-state index contributed by atoms with van der Waals surface area (Å²) in [7, 11) is 0. The van der Waals surface area contributed by atoms with Crippen LogP contribution in [0.2, 0.25) is 0 Å². The van der Waals surface area contributed by atoms with Gasteiger partial charge in [-0.1, -0.05) is 43.2 Å². The molecule has 0 saturated carbocycles. The predicted octanol–water partition coefficient (Wildman–Crippen LogP) is 2.65. The van der Waals surface area contributed by atoms with Crippen LogP contribution in [0.15, 0.2) is 30.3 Å². The average Bonchev–Trinajstić information content (AvgIpc) is 2.71. The molecular weight excluding hydrogens is 258 g/mol. The molecular formula is C15H19NO4. The van der Waals surface area contributed by atoms with Crippen molar-refractivity contribution in [3.63, 3.8) is 0 Å². The lowest BCUT2D eigenvalue weighted by Gasteiger charge is -2.26. The Morgan fingerprint density at radius 1 is 1.20 bits per heavy atom. The molecule has 1 saturated heterocycles. The maximum absolute atomic E-state index is 12.1. The first-order valence-corrected chi connectivity index (χ1v) is 6.88. The minimum Gasteiger partial charge on any atom is -0.480 e. The zero-order valence-corrected chi connectivity index (χ0v) is 11.3. The summed E-state index contributed by atoms with van der Waals surface area (Å²) >= 11 is 0. The number of hydrogen-bond donors (Lipinski definition) is 1. The van der Waals surface area contributed by atoms with E-state index in [0.717, 1.165) is 24.8 Å². The molecule has 5 nitrogen and oxygen atoms in total. The molecule has 0 spiro atoms. The highest BCUT2D eigenvalue weighted by Crippen LogP contribution is 2.18. The van der Waals surface area contributed by atoms with E-state index in [0.29, 0.717) is 13.0 Å². The lowest BCUT2D eigenvalue weighted by atomic mass is 10.1. The van der Waals surface area contributed by atoms with Crippen molar-refractivity contribution in [3.05, 3.63) is 35.9 Å². The van der Waals surface area contributed by atoms with Gasteiger partial charge in [-0.3, -0.25) is 4.90 Å². The molecule has 1 aromatic rings. The van der Waals surface area contributed by atoms with Crippen molar-refractivity contribution in [1.29, 1.82) is 0 Å². The molecule has 0 aliphatic carbocycles.